The third-order valence-electron chi connectivity index (χ3n) is 3.66. The number of ether oxygens (including phenoxy) is 1. The number of carbonyl (C=O) groups is 1. The molecule has 4 nitrogen and oxygen atoms in total. The lowest BCUT2D eigenvalue weighted by molar-refractivity contribution is 0.0918. The van der Waals surface area contributed by atoms with Gasteiger partial charge in [0, 0.05) is 27.9 Å². The predicted molar refractivity (Wildman–Crippen MR) is 98.2 cm³/mol. The van der Waals surface area contributed by atoms with Crippen molar-refractivity contribution in [2.45, 2.75) is 13.8 Å². The standard InChI is InChI=1S/C20H17ClN2O2/c1-13-3-5-16(6-4-13)20-22-14(2)11-19(23-20)25-12-18(24)15-7-9-17(21)10-8-15/h3-11H,12H2,1-2H3. The zero-order valence-electron chi connectivity index (χ0n) is 14.0. The number of halogens is 1. The van der Waals surface area contributed by atoms with Gasteiger partial charge in [-0.3, -0.25) is 4.79 Å². The first kappa shape index (κ1) is 17.1. The van der Waals surface area contributed by atoms with E-state index in [1.165, 1.54) is 5.56 Å². The highest BCUT2D eigenvalue weighted by molar-refractivity contribution is 6.30. The number of carbonyl (C=O) groups excluding carboxylic acids is 1. The smallest absolute Gasteiger partial charge is 0.217 e. The maximum atomic E-state index is 12.2. The fraction of sp³-hybridized carbons (Fsp3) is 0.150. The van der Waals surface area contributed by atoms with Crippen LogP contribution in [0.4, 0.5) is 0 Å². The lowest BCUT2D eigenvalue weighted by Gasteiger charge is -2.08. The van der Waals surface area contributed by atoms with Gasteiger partial charge in [-0.25, -0.2) is 4.98 Å². The maximum absolute atomic E-state index is 12.2. The monoisotopic (exact) mass is 352 g/mol. The molecule has 0 saturated carbocycles. The van der Waals surface area contributed by atoms with Crippen LogP contribution in [0, 0.1) is 13.8 Å². The maximum Gasteiger partial charge on any atom is 0.217 e. The van der Waals surface area contributed by atoms with Gasteiger partial charge in [-0.1, -0.05) is 41.4 Å². The molecule has 1 aromatic heterocycles. The van der Waals surface area contributed by atoms with Gasteiger partial charge >= 0.3 is 0 Å². The van der Waals surface area contributed by atoms with Crippen LogP contribution in [0.15, 0.2) is 54.6 Å². The third kappa shape index (κ3) is 4.43. The summed E-state index contributed by atoms with van der Waals surface area (Å²) in [6.07, 6.45) is 0. The molecule has 1 heterocycles. The van der Waals surface area contributed by atoms with Gasteiger partial charge in [0.2, 0.25) is 5.88 Å². The Morgan fingerprint density at radius 3 is 2.36 bits per heavy atom. The van der Waals surface area contributed by atoms with Crippen molar-refractivity contribution in [3.8, 4) is 17.3 Å². The zero-order chi connectivity index (χ0) is 17.8. The number of Topliss-reactive ketones (excluding diaryl/α,β-unsaturated/α-hetero) is 1. The van der Waals surface area contributed by atoms with Crippen molar-refractivity contribution >= 4 is 17.4 Å². The van der Waals surface area contributed by atoms with Gasteiger partial charge < -0.3 is 4.74 Å². The van der Waals surface area contributed by atoms with E-state index in [1.54, 1.807) is 30.3 Å². The second-order valence-electron chi connectivity index (χ2n) is 5.76. The van der Waals surface area contributed by atoms with E-state index in [-0.39, 0.29) is 12.4 Å². The number of rotatable bonds is 5. The van der Waals surface area contributed by atoms with E-state index in [9.17, 15) is 4.79 Å². The molecule has 126 valence electrons. The van der Waals surface area contributed by atoms with Crippen LogP contribution in [0.25, 0.3) is 11.4 Å². The van der Waals surface area contributed by atoms with Crippen molar-refractivity contribution in [2.24, 2.45) is 0 Å². The number of nitrogens with zero attached hydrogens (tertiary/aromatic N) is 2. The van der Waals surface area contributed by atoms with Crippen LogP contribution < -0.4 is 4.74 Å². The van der Waals surface area contributed by atoms with Crippen molar-refractivity contribution in [3.05, 3.63) is 76.4 Å². The molecule has 25 heavy (non-hydrogen) atoms. The van der Waals surface area contributed by atoms with E-state index in [4.69, 9.17) is 16.3 Å². The SMILES string of the molecule is Cc1ccc(-c2nc(C)cc(OCC(=O)c3ccc(Cl)cc3)n2)cc1. The normalized spacial score (nSPS) is 10.5. The van der Waals surface area contributed by atoms with Crippen molar-refractivity contribution < 1.29 is 9.53 Å². The third-order valence-corrected chi connectivity index (χ3v) is 3.91. The Hall–Kier alpha value is -2.72. The van der Waals surface area contributed by atoms with Gasteiger partial charge in [0.15, 0.2) is 18.2 Å². The molecule has 0 atom stereocenters. The molecule has 0 unspecified atom stereocenters. The van der Waals surface area contributed by atoms with Crippen LogP contribution >= 0.6 is 11.6 Å². The Kier molecular flexibility index (Phi) is 5.10. The summed E-state index contributed by atoms with van der Waals surface area (Å²) in [4.78, 5) is 21.0. The van der Waals surface area contributed by atoms with Gasteiger partial charge in [-0.2, -0.15) is 4.98 Å². The molecular weight excluding hydrogens is 336 g/mol. The minimum atomic E-state index is -0.134. The minimum absolute atomic E-state index is 0.0918. The largest absolute Gasteiger partial charge is 0.469 e. The molecule has 0 bridgehead atoms. The Bertz CT molecular complexity index is 891. The number of benzene rings is 2. The average Bonchev–Trinajstić information content (AvgIpc) is 2.60. The second kappa shape index (κ2) is 7.45. The van der Waals surface area contributed by atoms with E-state index in [0.717, 1.165) is 11.3 Å². The zero-order valence-corrected chi connectivity index (χ0v) is 14.7. The Labute approximate surface area is 151 Å². The first-order chi connectivity index (χ1) is 12.0. The van der Waals surface area contributed by atoms with Crippen LogP contribution in [-0.2, 0) is 0 Å². The molecule has 0 aliphatic rings. The summed E-state index contributed by atoms with van der Waals surface area (Å²) in [5, 5.41) is 0.589. The van der Waals surface area contributed by atoms with Crippen LogP contribution in [-0.4, -0.2) is 22.4 Å². The number of aryl methyl sites for hydroxylation is 2. The lowest BCUT2D eigenvalue weighted by atomic mass is 10.1. The summed E-state index contributed by atoms with van der Waals surface area (Å²) >= 11 is 5.83. The van der Waals surface area contributed by atoms with Crippen molar-refractivity contribution in [3.63, 3.8) is 0 Å². The highest BCUT2D eigenvalue weighted by Crippen LogP contribution is 2.20. The van der Waals surface area contributed by atoms with E-state index >= 15 is 0 Å². The summed E-state index contributed by atoms with van der Waals surface area (Å²) in [6.45, 7) is 3.80. The lowest BCUT2D eigenvalue weighted by Crippen LogP contribution is -2.12. The first-order valence-corrected chi connectivity index (χ1v) is 8.23. The summed E-state index contributed by atoms with van der Waals surface area (Å²) in [6, 6.07) is 16.4. The molecule has 0 amide bonds. The fourth-order valence-corrected chi connectivity index (χ4v) is 2.43. The molecule has 5 heteroatoms. The molecule has 0 saturated heterocycles. The predicted octanol–water partition coefficient (Wildman–Crippen LogP) is 4.68. The molecule has 0 aliphatic carbocycles. The summed E-state index contributed by atoms with van der Waals surface area (Å²) in [5.74, 6) is 0.823. The highest BCUT2D eigenvalue weighted by Gasteiger charge is 2.10. The van der Waals surface area contributed by atoms with Crippen LogP contribution in [0.1, 0.15) is 21.6 Å². The molecule has 3 aromatic rings. The number of hydrogen-bond acceptors (Lipinski definition) is 4. The Balaban J connectivity index is 1.75. The second-order valence-corrected chi connectivity index (χ2v) is 6.19. The topological polar surface area (TPSA) is 52.1 Å². The minimum Gasteiger partial charge on any atom is -0.469 e. The van der Waals surface area contributed by atoms with E-state index < -0.39 is 0 Å². The number of hydrogen-bond donors (Lipinski definition) is 0. The van der Waals surface area contributed by atoms with Crippen LogP contribution in [0.2, 0.25) is 5.02 Å². The average molecular weight is 353 g/mol. The molecule has 0 radical (unpaired) electrons. The molecular formula is C20H17ClN2O2. The summed E-state index contributed by atoms with van der Waals surface area (Å²) in [7, 11) is 0. The fourth-order valence-electron chi connectivity index (χ4n) is 2.30. The Morgan fingerprint density at radius 1 is 1.00 bits per heavy atom. The van der Waals surface area contributed by atoms with Crippen LogP contribution in [0.5, 0.6) is 5.88 Å². The van der Waals surface area contributed by atoms with Gasteiger partial charge in [-0.05, 0) is 38.1 Å². The van der Waals surface area contributed by atoms with Crippen LogP contribution in [0.3, 0.4) is 0 Å². The van der Waals surface area contributed by atoms with Gasteiger partial charge in [0.1, 0.15) is 0 Å². The van der Waals surface area contributed by atoms with Gasteiger partial charge in [0.05, 0.1) is 0 Å². The summed E-state index contributed by atoms with van der Waals surface area (Å²) in [5.41, 5.74) is 3.40. The van der Waals surface area contributed by atoms with Crippen molar-refractivity contribution in [2.75, 3.05) is 6.61 Å². The quantitative estimate of drug-likeness (QED) is 0.626. The van der Waals surface area contributed by atoms with Crippen molar-refractivity contribution in [1.82, 2.24) is 9.97 Å². The molecule has 3 rings (SSSR count). The van der Waals surface area contributed by atoms with Crippen molar-refractivity contribution in [1.29, 1.82) is 0 Å². The molecule has 0 spiro atoms. The first-order valence-electron chi connectivity index (χ1n) is 7.85. The number of ketones is 1. The van der Waals surface area contributed by atoms with E-state index in [2.05, 4.69) is 9.97 Å². The number of aromatic nitrogens is 2. The molecule has 2 aromatic carbocycles. The summed E-state index contributed by atoms with van der Waals surface area (Å²) < 4.78 is 5.59. The van der Waals surface area contributed by atoms with Gasteiger partial charge in [0.25, 0.3) is 0 Å². The van der Waals surface area contributed by atoms with E-state index in [1.807, 2.05) is 38.1 Å². The Morgan fingerprint density at radius 2 is 1.68 bits per heavy atom. The molecule has 0 aliphatic heterocycles. The van der Waals surface area contributed by atoms with Gasteiger partial charge in [-0.15, -0.1) is 0 Å². The molecule has 0 N–H and O–H groups in total. The molecule has 0 fully saturated rings. The van der Waals surface area contributed by atoms with E-state index in [0.29, 0.717) is 22.3 Å². The highest BCUT2D eigenvalue weighted by atomic mass is 35.5.